The van der Waals surface area contributed by atoms with Crippen LogP contribution in [0.4, 0.5) is 8.78 Å². The van der Waals surface area contributed by atoms with Gasteiger partial charge in [-0.1, -0.05) is 13.8 Å². The van der Waals surface area contributed by atoms with E-state index < -0.39 is 24.7 Å². The van der Waals surface area contributed by atoms with Gasteiger partial charge in [-0.15, -0.1) is 0 Å². The van der Waals surface area contributed by atoms with E-state index in [0.717, 1.165) is 32.1 Å². The van der Waals surface area contributed by atoms with Crippen LogP contribution in [-0.2, 0) is 23.8 Å². The van der Waals surface area contributed by atoms with Crippen molar-refractivity contribution in [2.45, 2.75) is 58.7 Å². The highest BCUT2D eigenvalue weighted by Gasteiger charge is 2.50. The van der Waals surface area contributed by atoms with Crippen LogP contribution in [0.25, 0.3) is 0 Å². The first-order valence-corrected chi connectivity index (χ1v) is 8.50. The molecular weight excluding hydrogens is 322 g/mol. The maximum absolute atomic E-state index is 12.8. The van der Waals surface area contributed by atoms with Crippen molar-refractivity contribution in [1.29, 1.82) is 0 Å². The molecule has 0 saturated heterocycles. The summed E-state index contributed by atoms with van der Waals surface area (Å²) in [7, 11) is 0. The van der Waals surface area contributed by atoms with Gasteiger partial charge in [0.15, 0.2) is 6.10 Å². The van der Waals surface area contributed by atoms with Crippen molar-refractivity contribution in [3.8, 4) is 0 Å². The Kier molecular flexibility index (Phi) is 6.54. The van der Waals surface area contributed by atoms with Crippen LogP contribution in [0.15, 0.2) is 0 Å². The molecule has 2 aliphatic carbocycles. The molecule has 0 aromatic heterocycles. The van der Waals surface area contributed by atoms with E-state index in [1.807, 2.05) is 0 Å². The lowest BCUT2D eigenvalue weighted by Gasteiger charge is -2.48. The maximum atomic E-state index is 12.8. The highest BCUT2D eigenvalue weighted by Crippen LogP contribution is 2.53. The Balaban J connectivity index is 2.04. The van der Waals surface area contributed by atoms with E-state index in [4.69, 9.17) is 4.74 Å². The summed E-state index contributed by atoms with van der Waals surface area (Å²) in [4.78, 5) is 23.2. The summed E-state index contributed by atoms with van der Waals surface area (Å²) >= 11 is 0. The van der Waals surface area contributed by atoms with Gasteiger partial charge < -0.3 is 14.2 Å². The lowest BCUT2D eigenvalue weighted by molar-refractivity contribution is -0.190. The van der Waals surface area contributed by atoms with Gasteiger partial charge in [0.2, 0.25) is 0 Å². The Morgan fingerprint density at radius 2 is 1.79 bits per heavy atom. The van der Waals surface area contributed by atoms with E-state index in [1.165, 1.54) is 0 Å². The number of halogens is 2. The average molecular weight is 348 g/mol. The van der Waals surface area contributed by atoms with Crippen molar-refractivity contribution < 1.29 is 32.6 Å². The molecule has 2 fully saturated rings. The highest BCUT2D eigenvalue weighted by molar-refractivity contribution is 5.77. The second-order valence-electron chi connectivity index (χ2n) is 7.49. The lowest BCUT2D eigenvalue weighted by atomic mass is 9.57. The number of rotatable bonds is 8. The molecule has 138 valence electrons. The van der Waals surface area contributed by atoms with Crippen LogP contribution in [0.2, 0.25) is 0 Å². The zero-order valence-corrected chi connectivity index (χ0v) is 14.2. The smallest absolute Gasteiger partial charge is 0.345 e. The monoisotopic (exact) mass is 348 g/mol. The summed E-state index contributed by atoms with van der Waals surface area (Å²) < 4.78 is 38.7. The van der Waals surface area contributed by atoms with Crippen LogP contribution in [0.3, 0.4) is 0 Å². The zero-order chi connectivity index (χ0) is 17.7. The maximum Gasteiger partial charge on any atom is 0.345 e. The first kappa shape index (κ1) is 19.1. The van der Waals surface area contributed by atoms with E-state index in [9.17, 15) is 18.4 Å². The predicted molar refractivity (Wildman–Crippen MR) is 81.2 cm³/mol. The second-order valence-corrected chi connectivity index (χ2v) is 7.49. The van der Waals surface area contributed by atoms with E-state index in [-0.39, 0.29) is 19.0 Å². The largest absolute Gasteiger partial charge is 0.464 e. The van der Waals surface area contributed by atoms with E-state index in [0.29, 0.717) is 17.8 Å². The van der Waals surface area contributed by atoms with Crippen molar-refractivity contribution in [2.75, 3.05) is 13.2 Å². The van der Waals surface area contributed by atoms with Crippen molar-refractivity contribution in [3.63, 3.8) is 0 Å². The summed E-state index contributed by atoms with van der Waals surface area (Å²) in [5, 5.41) is 0. The number of hydrogen-bond donors (Lipinski definition) is 0. The van der Waals surface area contributed by atoms with Gasteiger partial charge in [-0.05, 0) is 49.9 Å². The minimum absolute atomic E-state index is 0.197. The molecule has 0 aromatic carbocycles. The van der Waals surface area contributed by atoms with Gasteiger partial charge in [0.1, 0.15) is 6.61 Å². The summed E-state index contributed by atoms with van der Waals surface area (Å²) in [6, 6.07) is 0. The summed E-state index contributed by atoms with van der Waals surface area (Å²) in [5.74, 6) is 1.01. The molecule has 0 radical (unpaired) electrons. The van der Waals surface area contributed by atoms with Crippen LogP contribution in [-0.4, -0.2) is 38.4 Å². The number of fused-ring (bicyclic) bond motifs is 2. The Bertz CT molecular complexity index is 423. The molecule has 0 N–H and O–H groups in total. The molecule has 0 aliphatic heterocycles. The Morgan fingerprint density at radius 1 is 1.17 bits per heavy atom. The van der Waals surface area contributed by atoms with Crippen molar-refractivity contribution >= 4 is 12.4 Å². The number of alkyl halides is 2. The average Bonchev–Trinajstić information content (AvgIpc) is 2.48. The highest BCUT2D eigenvalue weighted by atomic mass is 19.3. The van der Waals surface area contributed by atoms with Crippen LogP contribution in [0, 0.1) is 23.2 Å². The minimum Gasteiger partial charge on any atom is -0.464 e. The van der Waals surface area contributed by atoms with Gasteiger partial charge in [-0.2, -0.15) is 8.78 Å². The van der Waals surface area contributed by atoms with Crippen LogP contribution >= 0.6 is 0 Å². The van der Waals surface area contributed by atoms with Gasteiger partial charge in [-0.25, -0.2) is 0 Å². The Hall–Kier alpha value is -1.24. The lowest BCUT2D eigenvalue weighted by Crippen LogP contribution is -2.47. The Morgan fingerprint density at radius 3 is 2.33 bits per heavy atom. The first-order valence-electron chi connectivity index (χ1n) is 8.50. The SMILES string of the molecule is CC1CC2CC(C)CC(C(=O)OC(COC=O)COC(F)F)(C1)C2. The molecule has 2 saturated carbocycles. The second kappa shape index (κ2) is 8.23. The quantitative estimate of drug-likeness (QED) is 0.498. The fraction of sp³-hybridized carbons (Fsp3) is 0.882. The van der Waals surface area contributed by atoms with Gasteiger partial charge in [0.05, 0.1) is 12.0 Å². The summed E-state index contributed by atoms with van der Waals surface area (Å²) in [5.41, 5.74) is -0.551. The van der Waals surface area contributed by atoms with Crippen molar-refractivity contribution in [2.24, 2.45) is 23.2 Å². The molecule has 2 rings (SSSR count). The fourth-order valence-corrected chi connectivity index (χ4v) is 4.67. The van der Waals surface area contributed by atoms with E-state index in [1.54, 1.807) is 0 Å². The molecule has 0 heterocycles. The third-order valence-corrected chi connectivity index (χ3v) is 5.09. The molecule has 2 aliphatic rings. The standard InChI is InChI=1S/C17H26F2O5/c1-11-3-13-4-12(2)6-17(5-11,7-13)15(21)24-14(8-22-10-20)9-23-16(18)19/h10-14,16H,3-9H2,1-2H3. The van der Waals surface area contributed by atoms with Gasteiger partial charge >= 0.3 is 12.6 Å². The molecule has 7 heteroatoms. The molecule has 3 unspecified atom stereocenters. The molecule has 3 atom stereocenters. The summed E-state index contributed by atoms with van der Waals surface area (Å²) in [6.45, 7) is 0.722. The van der Waals surface area contributed by atoms with Crippen molar-refractivity contribution in [1.82, 2.24) is 0 Å². The fourth-order valence-electron chi connectivity index (χ4n) is 4.67. The number of esters is 1. The normalized spacial score (nSPS) is 33.8. The van der Waals surface area contributed by atoms with Crippen LogP contribution in [0.5, 0.6) is 0 Å². The topological polar surface area (TPSA) is 61.8 Å². The number of ether oxygens (including phenoxy) is 3. The molecule has 24 heavy (non-hydrogen) atoms. The third-order valence-electron chi connectivity index (χ3n) is 5.09. The van der Waals surface area contributed by atoms with Gasteiger partial charge in [0, 0.05) is 0 Å². The Labute approximate surface area is 141 Å². The molecule has 5 nitrogen and oxygen atoms in total. The molecule has 0 spiro atoms. The molecule has 2 bridgehead atoms. The van der Waals surface area contributed by atoms with Crippen molar-refractivity contribution in [3.05, 3.63) is 0 Å². The molecular formula is C17H26F2O5. The number of carbonyl (C=O) groups is 2. The predicted octanol–water partition coefficient (Wildman–Crippen LogP) is 3.16. The number of carbonyl (C=O) groups excluding carboxylic acids is 2. The van der Waals surface area contributed by atoms with Crippen LogP contribution < -0.4 is 0 Å². The first-order chi connectivity index (χ1) is 11.3. The van der Waals surface area contributed by atoms with E-state index >= 15 is 0 Å². The molecule has 0 aromatic rings. The zero-order valence-electron chi connectivity index (χ0n) is 14.2. The van der Waals surface area contributed by atoms with Crippen LogP contribution in [0.1, 0.15) is 46.0 Å². The van der Waals surface area contributed by atoms with E-state index in [2.05, 4.69) is 23.3 Å². The van der Waals surface area contributed by atoms with Gasteiger partial charge in [-0.3, -0.25) is 9.59 Å². The van der Waals surface area contributed by atoms with Gasteiger partial charge in [0.25, 0.3) is 6.47 Å². The minimum atomic E-state index is -2.96. The summed E-state index contributed by atoms with van der Waals surface area (Å²) in [6.07, 6.45) is 3.51. The number of hydrogen-bond acceptors (Lipinski definition) is 5. The molecule has 0 amide bonds. The third kappa shape index (κ3) is 4.88.